The van der Waals surface area contributed by atoms with E-state index >= 15 is 0 Å². The molecule has 0 atom stereocenters. The fraction of sp³-hybridized carbons (Fsp3) is 0. The van der Waals surface area contributed by atoms with E-state index in [4.69, 9.17) is 4.74 Å². The number of ether oxygens (including phenoxy) is 1. The van der Waals surface area contributed by atoms with Gasteiger partial charge in [-0.3, -0.25) is 25.0 Å². The Kier molecular flexibility index (Phi) is 5.26. The number of nitrogens with zero attached hydrogens (tertiary/aromatic N) is 2. The highest BCUT2D eigenvalue weighted by Gasteiger charge is 2.25. The van der Waals surface area contributed by atoms with Crippen molar-refractivity contribution >= 4 is 23.0 Å². The summed E-state index contributed by atoms with van der Waals surface area (Å²) < 4.78 is 5.65. The summed E-state index contributed by atoms with van der Waals surface area (Å²) >= 11 is 0. The Morgan fingerprint density at radius 2 is 1.39 bits per heavy atom. The highest BCUT2D eigenvalue weighted by atomic mass is 16.6. The Hall–Kier alpha value is -4.27. The minimum atomic E-state index is -0.898. The Labute approximate surface area is 158 Å². The number of nitrogens with one attached hydrogen (secondary N) is 1. The molecular weight excluding hydrogens is 366 g/mol. The first-order valence-electron chi connectivity index (χ1n) is 8.01. The highest BCUT2D eigenvalue weighted by Crippen LogP contribution is 2.28. The maximum absolute atomic E-state index is 12.3. The SMILES string of the molecule is O=C(Nc1ccc(Oc2ccccc2)cc1)c1ccc([N+](=O)[O-])c([N+](=O)[O-])c1. The van der Waals surface area contributed by atoms with E-state index in [9.17, 15) is 25.0 Å². The number of rotatable bonds is 6. The summed E-state index contributed by atoms with van der Waals surface area (Å²) in [5, 5.41) is 24.4. The topological polar surface area (TPSA) is 125 Å². The summed E-state index contributed by atoms with van der Waals surface area (Å²) in [6.07, 6.45) is 0. The van der Waals surface area contributed by atoms with Gasteiger partial charge in [0.25, 0.3) is 5.91 Å². The predicted octanol–water partition coefficient (Wildman–Crippen LogP) is 4.55. The lowest BCUT2D eigenvalue weighted by atomic mass is 10.1. The van der Waals surface area contributed by atoms with Crippen molar-refractivity contribution in [3.05, 3.63) is 98.6 Å². The predicted molar refractivity (Wildman–Crippen MR) is 101 cm³/mol. The molecule has 3 rings (SSSR count). The molecule has 9 heteroatoms. The van der Waals surface area contributed by atoms with Crippen LogP contribution in [0.1, 0.15) is 10.4 Å². The van der Waals surface area contributed by atoms with Gasteiger partial charge in [0.15, 0.2) is 0 Å². The van der Waals surface area contributed by atoms with E-state index in [1.807, 2.05) is 18.2 Å². The fourth-order valence-corrected chi connectivity index (χ4v) is 2.40. The third-order valence-corrected chi connectivity index (χ3v) is 3.72. The second-order valence-corrected chi connectivity index (χ2v) is 5.61. The Balaban J connectivity index is 1.73. The van der Waals surface area contributed by atoms with Crippen LogP contribution < -0.4 is 10.1 Å². The van der Waals surface area contributed by atoms with Crippen molar-refractivity contribution < 1.29 is 19.4 Å². The summed E-state index contributed by atoms with van der Waals surface area (Å²) in [7, 11) is 0. The van der Waals surface area contributed by atoms with E-state index in [-0.39, 0.29) is 5.56 Å². The van der Waals surface area contributed by atoms with E-state index in [1.54, 1.807) is 36.4 Å². The van der Waals surface area contributed by atoms with E-state index < -0.39 is 27.1 Å². The molecule has 3 aromatic rings. The molecule has 140 valence electrons. The van der Waals surface area contributed by atoms with Crippen LogP contribution in [0, 0.1) is 20.2 Å². The molecule has 0 aliphatic heterocycles. The third kappa shape index (κ3) is 4.28. The lowest BCUT2D eigenvalue weighted by Gasteiger charge is -2.08. The van der Waals surface area contributed by atoms with Crippen molar-refractivity contribution in [3.63, 3.8) is 0 Å². The van der Waals surface area contributed by atoms with Gasteiger partial charge in [0, 0.05) is 23.4 Å². The van der Waals surface area contributed by atoms with Gasteiger partial charge in [-0.15, -0.1) is 0 Å². The van der Waals surface area contributed by atoms with Crippen LogP contribution in [0.15, 0.2) is 72.8 Å². The number of carbonyl (C=O) groups is 1. The molecule has 0 aliphatic carbocycles. The fourth-order valence-electron chi connectivity index (χ4n) is 2.40. The van der Waals surface area contributed by atoms with Crippen LogP contribution in [0.3, 0.4) is 0 Å². The molecule has 0 aliphatic rings. The average molecular weight is 379 g/mol. The second kappa shape index (κ2) is 7.96. The summed E-state index contributed by atoms with van der Waals surface area (Å²) in [6.45, 7) is 0. The summed E-state index contributed by atoms with van der Waals surface area (Å²) in [4.78, 5) is 32.4. The molecule has 0 saturated heterocycles. The number of carbonyl (C=O) groups excluding carboxylic acids is 1. The molecule has 0 heterocycles. The maximum atomic E-state index is 12.3. The zero-order valence-corrected chi connectivity index (χ0v) is 14.3. The van der Waals surface area contributed by atoms with Crippen molar-refractivity contribution in [1.82, 2.24) is 0 Å². The van der Waals surface area contributed by atoms with Gasteiger partial charge in [-0.05, 0) is 42.5 Å². The molecule has 1 N–H and O–H groups in total. The molecule has 1 amide bonds. The molecule has 3 aromatic carbocycles. The van der Waals surface area contributed by atoms with Crippen molar-refractivity contribution in [3.8, 4) is 11.5 Å². The lowest BCUT2D eigenvalue weighted by Crippen LogP contribution is -2.12. The first kappa shape index (κ1) is 18.5. The van der Waals surface area contributed by atoms with Crippen LogP contribution in [0.5, 0.6) is 11.5 Å². The molecule has 0 aromatic heterocycles. The molecule has 0 saturated carbocycles. The van der Waals surface area contributed by atoms with Crippen molar-refractivity contribution in [1.29, 1.82) is 0 Å². The first-order valence-corrected chi connectivity index (χ1v) is 8.01. The molecule has 9 nitrogen and oxygen atoms in total. The lowest BCUT2D eigenvalue weighted by molar-refractivity contribution is -0.422. The Bertz CT molecular complexity index is 1040. The second-order valence-electron chi connectivity index (χ2n) is 5.61. The summed E-state index contributed by atoms with van der Waals surface area (Å²) in [5.74, 6) is 0.599. The summed E-state index contributed by atoms with van der Waals surface area (Å²) in [5.41, 5.74) is -1.05. The monoisotopic (exact) mass is 379 g/mol. The Morgan fingerprint density at radius 3 is 2.00 bits per heavy atom. The quantitative estimate of drug-likeness (QED) is 0.495. The van der Waals surface area contributed by atoms with E-state index in [0.29, 0.717) is 17.2 Å². The van der Waals surface area contributed by atoms with Crippen LogP contribution in [-0.4, -0.2) is 15.8 Å². The van der Waals surface area contributed by atoms with Gasteiger partial charge < -0.3 is 10.1 Å². The summed E-state index contributed by atoms with van der Waals surface area (Å²) in [6, 6.07) is 18.6. The molecule has 0 fully saturated rings. The van der Waals surface area contributed by atoms with Crippen LogP contribution in [0.4, 0.5) is 17.1 Å². The van der Waals surface area contributed by atoms with Gasteiger partial charge in [-0.25, -0.2) is 0 Å². The molecular formula is C19H13N3O6. The van der Waals surface area contributed by atoms with Gasteiger partial charge in [0.05, 0.1) is 9.85 Å². The number of amides is 1. The van der Waals surface area contributed by atoms with Gasteiger partial charge >= 0.3 is 11.4 Å². The number of hydrogen-bond acceptors (Lipinski definition) is 6. The first-order chi connectivity index (χ1) is 13.4. The highest BCUT2D eigenvalue weighted by molar-refractivity contribution is 6.05. The molecule has 28 heavy (non-hydrogen) atoms. The number of anilines is 1. The maximum Gasteiger partial charge on any atom is 0.346 e. The molecule has 0 bridgehead atoms. The van der Waals surface area contributed by atoms with Gasteiger partial charge in [0.1, 0.15) is 11.5 Å². The van der Waals surface area contributed by atoms with Crippen LogP contribution in [0.25, 0.3) is 0 Å². The molecule has 0 unspecified atom stereocenters. The number of benzene rings is 3. The zero-order chi connectivity index (χ0) is 20.1. The Morgan fingerprint density at radius 1 is 0.786 bits per heavy atom. The van der Waals surface area contributed by atoms with Crippen molar-refractivity contribution in [2.45, 2.75) is 0 Å². The third-order valence-electron chi connectivity index (χ3n) is 3.72. The number of para-hydroxylation sites is 1. The largest absolute Gasteiger partial charge is 0.457 e. The number of nitro groups is 2. The average Bonchev–Trinajstić information content (AvgIpc) is 2.69. The minimum absolute atomic E-state index is 0.0677. The number of nitro benzene ring substituents is 2. The molecule has 0 radical (unpaired) electrons. The zero-order valence-electron chi connectivity index (χ0n) is 14.3. The van der Waals surface area contributed by atoms with Gasteiger partial charge in [0.2, 0.25) is 0 Å². The standard InChI is InChI=1S/C19H13N3O6/c23-19(13-6-11-17(21(24)25)18(12-13)22(26)27)20-14-7-9-16(10-8-14)28-15-4-2-1-3-5-15/h1-12H,(H,20,23). The smallest absolute Gasteiger partial charge is 0.346 e. The van der Waals surface area contributed by atoms with E-state index in [0.717, 1.165) is 18.2 Å². The van der Waals surface area contributed by atoms with Crippen LogP contribution in [0.2, 0.25) is 0 Å². The van der Waals surface area contributed by atoms with E-state index in [1.165, 1.54) is 0 Å². The van der Waals surface area contributed by atoms with Crippen molar-refractivity contribution in [2.75, 3.05) is 5.32 Å². The van der Waals surface area contributed by atoms with Crippen LogP contribution in [-0.2, 0) is 0 Å². The molecule has 0 spiro atoms. The normalized spacial score (nSPS) is 10.1. The van der Waals surface area contributed by atoms with Gasteiger partial charge in [-0.2, -0.15) is 0 Å². The van der Waals surface area contributed by atoms with Crippen LogP contribution >= 0.6 is 0 Å². The van der Waals surface area contributed by atoms with E-state index in [2.05, 4.69) is 5.32 Å². The minimum Gasteiger partial charge on any atom is -0.457 e. The van der Waals surface area contributed by atoms with Gasteiger partial charge in [-0.1, -0.05) is 18.2 Å². The van der Waals surface area contributed by atoms with Crippen molar-refractivity contribution in [2.24, 2.45) is 0 Å². The number of hydrogen-bond donors (Lipinski definition) is 1.